The van der Waals surface area contributed by atoms with Crippen molar-refractivity contribution in [3.05, 3.63) is 101 Å². The number of aliphatic hydroxyl groups is 1. The Morgan fingerprint density at radius 3 is 2.71 bits per heavy atom. The summed E-state index contributed by atoms with van der Waals surface area (Å²) in [6.07, 6.45) is 9.07. The van der Waals surface area contributed by atoms with Crippen LogP contribution in [0.1, 0.15) is 23.6 Å². The van der Waals surface area contributed by atoms with Gasteiger partial charge in [-0.05, 0) is 37.3 Å². The number of hydrogen-bond donors (Lipinski definition) is 1. The number of rotatable bonds is 9. The lowest BCUT2D eigenvalue weighted by Crippen LogP contribution is -2.43. The van der Waals surface area contributed by atoms with Crippen molar-refractivity contribution >= 4 is 17.8 Å². The zero-order chi connectivity index (χ0) is 27.1. The lowest BCUT2D eigenvalue weighted by Gasteiger charge is -2.37. The molecular weight excluding hydrogens is 517 g/mol. The summed E-state index contributed by atoms with van der Waals surface area (Å²) in [6.45, 7) is 1.99. The standard InChI is InChI=1S/C27H25F3N4O3S/c1-18(27(35,15-34-17-32-16-33-34)23-11-21(28)8-9-24(23)29)38-26-14-36-22(13-37-26)5-3-2-4-20-7-6-19(12-31)10-25(20)30/h2-11,16-18,22,26,35H,13-15H2,1H3/b4-2+,5-3+/t18-,22-,26+,27-/m1/s1. The van der Waals surface area contributed by atoms with Crippen molar-refractivity contribution in [3.8, 4) is 6.07 Å². The molecule has 0 bridgehead atoms. The van der Waals surface area contributed by atoms with Crippen molar-refractivity contribution in [2.75, 3.05) is 13.2 Å². The maximum absolute atomic E-state index is 14.7. The van der Waals surface area contributed by atoms with Crippen molar-refractivity contribution in [1.29, 1.82) is 5.26 Å². The van der Waals surface area contributed by atoms with Gasteiger partial charge in [0.2, 0.25) is 0 Å². The van der Waals surface area contributed by atoms with Gasteiger partial charge in [-0.25, -0.2) is 22.8 Å². The third-order valence-electron chi connectivity index (χ3n) is 6.03. The molecule has 38 heavy (non-hydrogen) atoms. The van der Waals surface area contributed by atoms with Crippen molar-refractivity contribution in [1.82, 2.24) is 14.8 Å². The number of hydrogen-bond acceptors (Lipinski definition) is 7. The Morgan fingerprint density at radius 2 is 2.03 bits per heavy atom. The first kappa shape index (κ1) is 27.6. The molecule has 1 saturated heterocycles. The maximum Gasteiger partial charge on any atom is 0.137 e. The average Bonchev–Trinajstić information content (AvgIpc) is 3.42. The Labute approximate surface area is 222 Å². The number of allylic oxidation sites excluding steroid dienone is 2. The highest BCUT2D eigenvalue weighted by molar-refractivity contribution is 8.00. The van der Waals surface area contributed by atoms with Crippen LogP contribution in [0.2, 0.25) is 0 Å². The van der Waals surface area contributed by atoms with E-state index < -0.39 is 33.7 Å². The van der Waals surface area contributed by atoms with E-state index in [4.69, 9.17) is 14.7 Å². The monoisotopic (exact) mass is 542 g/mol. The summed E-state index contributed by atoms with van der Waals surface area (Å²) in [5.74, 6) is -1.89. The van der Waals surface area contributed by atoms with Crippen molar-refractivity contribution in [2.45, 2.75) is 35.9 Å². The fraction of sp³-hybridized carbons (Fsp3) is 0.296. The number of thioether (sulfide) groups is 1. The minimum Gasteiger partial charge on any atom is -0.382 e. The summed E-state index contributed by atoms with van der Waals surface area (Å²) >= 11 is 1.24. The molecule has 0 amide bonds. The molecule has 11 heteroatoms. The minimum atomic E-state index is -1.82. The number of ether oxygens (including phenoxy) is 2. The number of halogens is 3. The quantitative estimate of drug-likeness (QED) is 0.396. The van der Waals surface area contributed by atoms with Gasteiger partial charge < -0.3 is 14.6 Å². The van der Waals surface area contributed by atoms with Crippen molar-refractivity contribution in [2.24, 2.45) is 0 Å². The molecule has 3 aromatic rings. The first-order valence-electron chi connectivity index (χ1n) is 11.7. The molecule has 0 spiro atoms. The van der Waals surface area contributed by atoms with Crippen LogP contribution in [-0.2, 0) is 21.6 Å². The van der Waals surface area contributed by atoms with Crippen molar-refractivity contribution < 1.29 is 27.8 Å². The lowest BCUT2D eigenvalue weighted by molar-refractivity contribution is -0.0831. The van der Waals surface area contributed by atoms with Crippen LogP contribution < -0.4 is 0 Å². The summed E-state index contributed by atoms with van der Waals surface area (Å²) in [4.78, 5) is 3.86. The summed E-state index contributed by atoms with van der Waals surface area (Å²) in [6, 6.07) is 9.10. The second kappa shape index (κ2) is 12.4. The van der Waals surface area contributed by atoms with Gasteiger partial charge >= 0.3 is 0 Å². The Kier molecular flexibility index (Phi) is 9.01. The number of benzene rings is 2. The molecule has 1 N–H and O–H groups in total. The van der Waals surface area contributed by atoms with Gasteiger partial charge in [0.1, 0.15) is 41.1 Å². The smallest absolute Gasteiger partial charge is 0.137 e. The van der Waals surface area contributed by atoms with Gasteiger partial charge in [0.15, 0.2) is 0 Å². The fourth-order valence-electron chi connectivity index (χ4n) is 3.93. The van der Waals surface area contributed by atoms with Crippen LogP contribution in [0, 0.1) is 28.8 Å². The van der Waals surface area contributed by atoms with Crippen LogP contribution >= 0.6 is 11.8 Å². The Balaban J connectivity index is 1.36. The number of aromatic nitrogens is 3. The summed E-state index contributed by atoms with van der Waals surface area (Å²) in [5, 5.41) is 23.8. The van der Waals surface area contributed by atoms with E-state index in [2.05, 4.69) is 10.1 Å². The van der Waals surface area contributed by atoms with Gasteiger partial charge in [0.25, 0.3) is 0 Å². The molecule has 2 aromatic carbocycles. The normalized spacial score (nSPS) is 20.4. The zero-order valence-corrected chi connectivity index (χ0v) is 21.2. The molecule has 1 aromatic heterocycles. The van der Waals surface area contributed by atoms with E-state index in [1.165, 1.54) is 41.2 Å². The first-order chi connectivity index (χ1) is 18.3. The van der Waals surface area contributed by atoms with Gasteiger partial charge in [-0.1, -0.05) is 30.4 Å². The van der Waals surface area contributed by atoms with Gasteiger partial charge in [-0.2, -0.15) is 10.4 Å². The number of nitriles is 1. The topological polar surface area (TPSA) is 93.2 Å². The van der Waals surface area contributed by atoms with Crippen LogP contribution in [0.25, 0.3) is 6.08 Å². The van der Waals surface area contributed by atoms with E-state index >= 15 is 0 Å². The second-order valence-electron chi connectivity index (χ2n) is 8.65. The van der Waals surface area contributed by atoms with Crippen LogP contribution in [0.3, 0.4) is 0 Å². The van der Waals surface area contributed by atoms with E-state index in [0.717, 1.165) is 18.2 Å². The summed E-state index contributed by atoms with van der Waals surface area (Å²) < 4.78 is 55.8. The van der Waals surface area contributed by atoms with Crippen LogP contribution in [0.15, 0.2) is 67.3 Å². The Bertz CT molecular complexity index is 1340. The molecule has 0 aliphatic carbocycles. The molecule has 2 heterocycles. The maximum atomic E-state index is 14.7. The van der Waals surface area contributed by atoms with Gasteiger partial charge in [0.05, 0.1) is 37.5 Å². The highest BCUT2D eigenvalue weighted by atomic mass is 32.2. The SMILES string of the molecule is C[C@@H](S[C@H]1CO[C@H](/C=C/C=C/c2ccc(C#N)cc2F)CO1)[C@](O)(Cn1cncn1)c1cc(F)ccc1F. The van der Waals surface area contributed by atoms with Crippen LogP contribution in [0.4, 0.5) is 13.2 Å². The number of nitrogens with zero attached hydrogens (tertiary/aromatic N) is 4. The van der Waals surface area contributed by atoms with Crippen LogP contribution in [-0.4, -0.2) is 49.9 Å². The summed E-state index contributed by atoms with van der Waals surface area (Å²) in [7, 11) is 0. The van der Waals surface area contributed by atoms with Crippen LogP contribution in [0.5, 0.6) is 0 Å². The van der Waals surface area contributed by atoms with E-state index in [1.54, 1.807) is 37.3 Å². The third-order valence-corrected chi connectivity index (χ3v) is 7.40. The predicted molar refractivity (Wildman–Crippen MR) is 136 cm³/mol. The van der Waals surface area contributed by atoms with Gasteiger partial charge in [-0.15, -0.1) is 11.8 Å². The molecule has 1 fully saturated rings. The molecule has 198 valence electrons. The van der Waals surface area contributed by atoms with Gasteiger partial charge in [-0.3, -0.25) is 0 Å². The van der Waals surface area contributed by atoms with Gasteiger partial charge in [0, 0.05) is 16.4 Å². The fourth-order valence-corrected chi connectivity index (χ4v) is 5.13. The highest BCUT2D eigenvalue weighted by Gasteiger charge is 2.41. The largest absolute Gasteiger partial charge is 0.382 e. The zero-order valence-electron chi connectivity index (χ0n) is 20.4. The van der Waals surface area contributed by atoms with Crippen molar-refractivity contribution in [3.63, 3.8) is 0 Å². The molecule has 0 saturated carbocycles. The first-order valence-corrected chi connectivity index (χ1v) is 12.7. The molecule has 0 radical (unpaired) electrons. The molecule has 0 unspecified atom stereocenters. The third kappa shape index (κ3) is 6.71. The molecule has 4 rings (SSSR count). The molecule has 7 nitrogen and oxygen atoms in total. The van der Waals surface area contributed by atoms with E-state index in [1.807, 2.05) is 6.07 Å². The minimum absolute atomic E-state index is 0.146. The van der Waals surface area contributed by atoms with E-state index in [-0.39, 0.29) is 37.0 Å². The summed E-state index contributed by atoms with van der Waals surface area (Å²) in [5.41, 5.74) is -1.86. The van der Waals surface area contributed by atoms with E-state index in [0.29, 0.717) is 5.56 Å². The predicted octanol–water partition coefficient (Wildman–Crippen LogP) is 4.59. The highest BCUT2D eigenvalue weighted by Crippen LogP contribution is 2.39. The molecule has 1 aliphatic heterocycles. The molecule has 4 atom stereocenters. The Hall–Kier alpha value is -3.43. The lowest BCUT2D eigenvalue weighted by atomic mass is 9.90. The second-order valence-corrected chi connectivity index (χ2v) is 10.2. The molecule has 1 aliphatic rings. The van der Waals surface area contributed by atoms with E-state index in [9.17, 15) is 18.3 Å². The average molecular weight is 543 g/mol. The Morgan fingerprint density at radius 1 is 1.18 bits per heavy atom. The molecular formula is C27H25F3N4O3S.